The zero-order chi connectivity index (χ0) is 19.6. The number of fused-ring (bicyclic) bond motifs is 1. The van der Waals surface area contributed by atoms with E-state index in [0.717, 1.165) is 16.5 Å². The van der Waals surface area contributed by atoms with E-state index in [9.17, 15) is 19.8 Å². The second-order valence-electron chi connectivity index (χ2n) is 6.57. The fraction of sp³-hybridized carbons (Fsp3) is 0.250. The Bertz CT molecular complexity index is 992. The molecule has 1 heterocycles. The van der Waals surface area contributed by atoms with Crippen molar-refractivity contribution in [1.82, 2.24) is 10.5 Å². The van der Waals surface area contributed by atoms with Gasteiger partial charge in [-0.2, -0.15) is 0 Å². The standard InChI is InChI=1S/C20H20N2O5/c1-11-7-15-16(22-27-18(15)8-12(11)2)10-19(24)21-17(20(25)26)9-13-3-5-14(23)6-4-13/h3-8,17,23H,9-10H2,1-2H3,(H,21,24)(H,25,26). The number of carboxylic acid groups (broad SMARTS) is 1. The Morgan fingerprint density at radius 1 is 1.15 bits per heavy atom. The summed E-state index contributed by atoms with van der Waals surface area (Å²) >= 11 is 0. The highest BCUT2D eigenvalue weighted by Gasteiger charge is 2.22. The van der Waals surface area contributed by atoms with Crippen LogP contribution in [0, 0.1) is 13.8 Å². The fourth-order valence-electron chi connectivity index (χ4n) is 2.84. The third-order valence-electron chi connectivity index (χ3n) is 4.50. The van der Waals surface area contributed by atoms with Crippen molar-refractivity contribution in [1.29, 1.82) is 0 Å². The Hall–Kier alpha value is -3.35. The van der Waals surface area contributed by atoms with E-state index in [0.29, 0.717) is 16.8 Å². The normalized spacial score (nSPS) is 12.1. The van der Waals surface area contributed by atoms with Crippen molar-refractivity contribution in [3.8, 4) is 5.75 Å². The number of aryl methyl sites for hydroxylation is 2. The summed E-state index contributed by atoms with van der Waals surface area (Å²) in [6, 6.07) is 8.88. The Kier molecular flexibility index (Phi) is 5.12. The summed E-state index contributed by atoms with van der Waals surface area (Å²) in [5.74, 6) is -1.49. The number of rotatable bonds is 6. The largest absolute Gasteiger partial charge is 0.508 e. The van der Waals surface area contributed by atoms with E-state index < -0.39 is 17.9 Å². The number of carbonyl (C=O) groups is 2. The number of benzene rings is 2. The number of carbonyl (C=O) groups excluding carboxylic acids is 1. The molecule has 1 amide bonds. The van der Waals surface area contributed by atoms with Crippen molar-refractivity contribution in [3.63, 3.8) is 0 Å². The monoisotopic (exact) mass is 368 g/mol. The molecule has 0 saturated heterocycles. The predicted molar refractivity (Wildman–Crippen MR) is 98.6 cm³/mol. The number of aliphatic carboxylic acids is 1. The molecule has 3 aromatic rings. The van der Waals surface area contributed by atoms with Gasteiger partial charge in [0.1, 0.15) is 17.5 Å². The molecule has 0 fully saturated rings. The van der Waals surface area contributed by atoms with Crippen LogP contribution in [0.2, 0.25) is 0 Å². The Balaban J connectivity index is 1.72. The molecule has 0 radical (unpaired) electrons. The molecule has 0 saturated carbocycles. The van der Waals surface area contributed by atoms with Gasteiger partial charge in [0, 0.05) is 11.8 Å². The summed E-state index contributed by atoms with van der Waals surface area (Å²) in [5.41, 5.74) is 3.88. The van der Waals surface area contributed by atoms with Crippen LogP contribution in [-0.2, 0) is 22.4 Å². The van der Waals surface area contributed by atoms with Gasteiger partial charge in [-0.15, -0.1) is 0 Å². The van der Waals surface area contributed by atoms with Gasteiger partial charge in [-0.25, -0.2) is 4.79 Å². The molecule has 0 aliphatic rings. The van der Waals surface area contributed by atoms with E-state index in [-0.39, 0.29) is 18.6 Å². The van der Waals surface area contributed by atoms with Gasteiger partial charge < -0.3 is 20.1 Å². The van der Waals surface area contributed by atoms with Crippen LogP contribution in [0.5, 0.6) is 5.75 Å². The van der Waals surface area contributed by atoms with Crippen molar-refractivity contribution in [2.24, 2.45) is 0 Å². The van der Waals surface area contributed by atoms with Gasteiger partial charge in [-0.3, -0.25) is 4.79 Å². The molecule has 3 N–H and O–H groups in total. The molecule has 27 heavy (non-hydrogen) atoms. The average Bonchev–Trinajstić information content (AvgIpc) is 2.98. The molecular weight excluding hydrogens is 348 g/mol. The van der Waals surface area contributed by atoms with Crippen LogP contribution in [0.4, 0.5) is 0 Å². The van der Waals surface area contributed by atoms with Gasteiger partial charge in [0.05, 0.1) is 6.42 Å². The quantitative estimate of drug-likeness (QED) is 0.616. The molecular formula is C20H20N2O5. The first-order chi connectivity index (χ1) is 12.8. The molecule has 1 aromatic heterocycles. The molecule has 140 valence electrons. The summed E-state index contributed by atoms with van der Waals surface area (Å²) in [4.78, 5) is 23.9. The first-order valence-corrected chi connectivity index (χ1v) is 8.49. The molecule has 2 aromatic carbocycles. The van der Waals surface area contributed by atoms with Gasteiger partial charge in [-0.1, -0.05) is 17.3 Å². The maximum Gasteiger partial charge on any atom is 0.326 e. The van der Waals surface area contributed by atoms with Crippen LogP contribution in [0.15, 0.2) is 40.9 Å². The number of hydrogen-bond acceptors (Lipinski definition) is 5. The lowest BCUT2D eigenvalue weighted by atomic mass is 10.0. The molecule has 0 aliphatic carbocycles. The number of phenols is 1. The SMILES string of the molecule is Cc1cc2onc(CC(=O)NC(Cc3ccc(O)cc3)C(=O)O)c2cc1C. The Morgan fingerprint density at radius 2 is 1.81 bits per heavy atom. The third kappa shape index (κ3) is 4.25. The first kappa shape index (κ1) is 18.4. The lowest BCUT2D eigenvalue weighted by Gasteiger charge is -2.14. The average molecular weight is 368 g/mol. The number of aromatic hydroxyl groups is 1. The van der Waals surface area contributed by atoms with Gasteiger partial charge in [0.25, 0.3) is 0 Å². The van der Waals surface area contributed by atoms with Crippen molar-refractivity contribution < 1.29 is 24.3 Å². The molecule has 1 atom stereocenters. The van der Waals surface area contributed by atoms with Crippen LogP contribution in [0.25, 0.3) is 11.0 Å². The van der Waals surface area contributed by atoms with Crippen molar-refractivity contribution in [2.75, 3.05) is 0 Å². The highest BCUT2D eigenvalue weighted by atomic mass is 16.5. The van der Waals surface area contributed by atoms with Crippen LogP contribution >= 0.6 is 0 Å². The van der Waals surface area contributed by atoms with Gasteiger partial charge in [-0.05, 0) is 54.8 Å². The number of carboxylic acids is 1. The lowest BCUT2D eigenvalue weighted by molar-refractivity contribution is -0.141. The number of nitrogens with one attached hydrogen (secondary N) is 1. The minimum Gasteiger partial charge on any atom is -0.508 e. The van der Waals surface area contributed by atoms with Crippen LogP contribution < -0.4 is 5.32 Å². The maximum absolute atomic E-state index is 12.4. The smallest absolute Gasteiger partial charge is 0.326 e. The van der Waals surface area contributed by atoms with Gasteiger partial charge >= 0.3 is 5.97 Å². The van der Waals surface area contributed by atoms with E-state index >= 15 is 0 Å². The first-order valence-electron chi connectivity index (χ1n) is 8.49. The van der Waals surface area contributed by atoms with E-state index in [1.54, 1.807) is 12.1 Å². The summed E-state index contributed by atoms with van der Waals surface area (Å²) < 4.78 is 5.28. The van der Waals surface area contributed by atoms with Crippen LogP contribution in [0.3, 0.4) is 0 Å². The molecule has 7 nitrogen and oxygen atoms in total. The molecule has 1 unspecified atom stereocenters. The summed E-state index contributed by atoms with van der Waals surface area (Å²) in [6.07, 6.45) is 0.0358. The maximum atomic E-state index is 12.4. The third-order valence-corrected chi connectivity index (χ3v) is 4.50. The molecule has 0 aliphatic heterocycles. The van der Waals surface area contributed by atoms with E-state index in [1.807, 2.05) is 26.0 Å². The zero-order valence-corrected chi connectivity index (χ0v) is 15.0. The molecule has 0 bridgehead atoms. The number of hydrogen-bond donors (Lipinski definition) is 3. The predicted octanol–water partition coefficient (Wildman–Crippen LogP) is 2.50. The minimum absolute atomic E-state index is 0.0745. The van der Waals surface area contributed by atoms with Gasteiger partial charge in [0.2, 0.25) is 5.91 Å². The minimum atomic E-state index is -1.13. The Morgan fingerprint density at radius 3 is 2.48 bits per heavy atom. The van der Waals surface area contributed by atoms with E-state index in [2.05, 4.69) is 10.5 Å². The van der Waals surface area contributed by atoms with Crippen molar-refractivity contribution in [2.45, 2.75) is 32.7 Å². The second kappa shape index (κ2) is 7.49. The van der Waals surface area contributed by atoms with Crippen LogP contribution in [-0.4, -0.2) is 33.3 Å². The summed E-state index contributed by atoms with van der Waals surface area (Å²) in [5, 5.41) is 25.9. The topological polar surface area (TPSA) is 113 Å². The summed E-state index contributed by atoms with van der Waals surface area (Å²) in [6.45, 7) is 3.92. The highest BCUT2D eigenvalue weighted by molar-refractivity contribution is 5.89. The Labute approximate surface area is 155 Å². The lowest BCUT2D eigenvalue weighted by Crippen LogP contribution is -2.43. The van der Waals surface area contributed by atoms with E-state index in [4.69, 9.17) is 4.52 Å². The van der Waals surface area contributed by atoms with Crippen LogP contribution in [0.1, 0.15) is 22.4 Å². The zero-order valence-electron chi connectivity index (χ0n) is 15.0. The summed E-state index contributed by atoms with van der Waals surface area (Å²) in [7, 11) is 0. The molecule has 3 rings (SSSR count). The number of phenolic OH excluding ortho intramolecular Hbond substituents is 1. The molecule has 0 spiro atoms. The van der Waals surface area contributed by atoms with Crippen molar-refractivity contribution >= 4 is 22.8 Å². The van der Waals surface area contributed by atoms with Gasteiger partial charge in [0.15, 0.2) is 5.58 Å². The van der Waals surface area contributed by atoms with E-state index in [1.165, 1.54) is 12.1 Å². The highest BCUT2D eigenvalue weighted by Crippen LogP contribution is 2.23. The number of amides is 1. The fourth-order valence-corrected chi connectivity index (χ4v) is 2.84. The molecule has 7 heteroatoms. The van der Waals surface area contributed by atoms with Crippen molar-refractivity contribution in [3.05, 3.63) is 58.8 Å². The second-order valence-corrected chi connectivity index (χ2v) is 6.57. The number of aromatic nitrogens is 1. The number of nitrogens with zero attached hydrogens (tertiary/aromatic N) is 1.